The van der Waals surface area contributed by atoms with Crippen LogP contribution in [0.25, 0.3) is 0 Å². The Morgan fingerprint density at radius 1 is 1.14 bits per heavy atom. The van der Waals surface area contributed by atoms with Crippen LogP contribution in [0.2, 0.25) is 0 Å². The van der Waals surface area contributed by atoms with Crippen LogP contribution in [-0.2, 0) is 4.74 Å². The number of hydrogen-bond acceptors (Lipinski definition) is 1. The lowest BCUT2D eigenvalue weighted by Gasteiger charge is -2.09. The molecular formula is C13H26O. The van der Waals surface area contributed by atoms with Gasteiger partial charge in [0.25, 0.3) is 0 Å². The molecule has 2 atom stereocenters. The van der Waals surface area contributed by atoms with Gasteiger partial charge in [0.15, 0.2) is 0 Å². The zero-order valence-electron chi connectivity index (χ0n) is 9.93. The average molecular weight is 198 g/mol. The molecule has 0 bridgehead atoms. The predicted molar refractivity (Wildman–Crippen MR) is 61.5 cm³/mol. The quantitative estimate of drug-likeness (QED) is 0.400. The highest BCUT2D eigenvalue weighted by Gasteiger charge is 2.22. The first-order valence-corrected chi connectivity index (χ1v) is 6.44. The molecular weight excluding hydrogens is 172 g/mol. The molecule has 1 heteroatoms. The first-order valence-electron chi connectivity index (χ1n) is 6.44. The molecule has 1 nitrogen and oxygen atoms in total. The molecule has 0 aliphatic carbocycles. The van der Waals surface area contributed by atoms with Crippen LogP contribution in [0.3, 0.4) is 0 Å². The van der Waals surface area contributed by atoms with Gasteiger partial charge in [0, 0.05) is 0 Å². The summed E-state index contributed by atoms with van der Waals surface area (Å²) in [5.74, 6) is 0.917. The summed E-state index contributed by atoms with van der Waals surface area (Å²) in [5.41, 5.74) is 0. The maximum atomic E-state index is 5.22. The van der Waals surface area contributed by atoms with E-state index in [9.17, 15) is 0 Å². The Hall–Kier alpha value is -0.0400. The van der Waals surface area contributed by atoms with Gasteiger partial charge in [-0.15, -0.1) is 0 Å². The molecule has 1 heterocycles. The van der Waals surface area contributed by atoms with Crippen molar-refractivity contribution in [2.24, 2.45) is 5.92 Å². The SMILES string of the molecule is CCCCCCCC(C)CCC1CO1. The van der Waals surface area contributed by atoms with Crippen molar-refractivity contribution < 1.29 is 4.74 Å². The van der Waals surface area contributed by atoms with E-state index < -0.39 is 0 Å². The highest BCUT2D eigenvalue weighted by Crippen LogP contribution is 2.22. The highest BCUT2D eigenvalue weighted by atomic mass is 16.6. The molecule has 0 N–H and O–H groups in total. The Bertz CT molecular complexity index is 129. The van der Waals surface area contributed by atoms with Crippen molar-refractivity contribution in [3.8, 4) is 0 Å². The third kappa shape index (κ3) is 6.42. The topological polar surface area (TPSA) is 12.5 Å². The largest absolute Gasteiger partial charge is 0.373 e. The van der Waals surface area contributed by atoms with Gasteiger partial charge in [-0.25, -0.2) is 0 Å². The molecule has 0 amide bonds. The summed E-state index contributed by atoms with van der Waals surface area (Å²) in [6.07, 6.45) is 11.8. The molecule has 0 aromatic rings. The second-order valence-corrected chi connectivity index (χ2v) is 4.84. The Kier molecular flexibility index (Phi) is 6.25. The Balaban J connectivity index is 1.79. The van der Waals surface area contributed by atoms with Crippen LogP contribution in [0.15, 0.2) is 0 Å². The maximum Gasteiger partial charge on any atom is 0.0810 e. The second kappa shape index (κ2) is 7.28. The minimum absolute atomic E-state index is 0.637. The molecule has 1 saturated heterocycles. The van der Waals surface area contributed by atoms with Gasteiger partial charge in [-0.05, 0) is 18.8 Å². The molecule has 0 radical (unpaired) electrons. The monoisotopic (exact) mass is 198 g/mol. The number of epoxide rings is 1. The molecule has 2 unspecified atom stereocenters. The van der Waals surface area contributed by atoms with Crippen molar-refractivity contribution >= 4 is 0 Å². The molecule has 1 fully saturated rings. The zero-order chi connectivity index (χ0) is 10.2. The number of rotatable bonds is 9. The van der Waals surface area contributed by atoms with Gasteiger partial charge in [0.1, 0.15) is 0 Å². The molecule has 0 spiro atoms. The zero-order valence-corrected chi connectivity index (χ0v) is 9.93. The summed E-state index contributed by atoms with van der Waals surface area (Å²) in [5, 5.41) is 0. The molecule has 0 aromatic carbocycles. The van der Waals surface area contributed by atoms with Crippen LogP contribution >= 0.6 is 0 Å². The van der Waals surface area contributed by atoms with E-state index in [1.165, 1.54) is 51.4 Å². The summed E-state index contributed by atoms with van der Waals surface area (Å²) < 4.78 is 5.22. The summed E-state index contributed by atoms with van der Waals surface area (Å²) in [7, 11) is 0. The van der Waals surface area contributed by atoms with E-state index in [1.807, 2.05) is 0 Å². The molecule has 1 aliphatic heterocycles. The number of hydrogen-bond donors (Lipinski definition) is 0. The van der Waals surface area contributed by atoms with Gasteiger partial charge in [0.2, 0.25) is 0 Å². The van der Waals surface area contributed by atoms with Gasteiger partial charge < -0.3 is 4.74 Å². The molecule has 14 heavy (non-hydrogen) atoms. The van der Waals surface area contributed by atoms with E-state index in [1.54, 1.807) is 0 Å². The van der Waals surface area contributed by atoms with Crippen LogP contribution in [-0.4, -0.2) is 12.7 Å². The van der Waals surface area contributed by atoms with Crippen molar-refractivity contribution in [1.29, 1.82) is 0 Å². The summed E-state index contributed by atoms with van der Waals surface area (Å²) >= 11 is 0. The van der Waals surface area contributed by atoms with Crippen molar-refractivity contribution in [2.75, 3.05) is 6.61 Å². The lowest BCUT2D eigenvalue weighted by molar-refractivity contribution is 0.363. The fourth-order valence-corrected chi connectivity index (χ4v) is 1.95. The van der Waals surface area contributed by atoms with Crippen LogP contribution in [0.5, 0.6) is 0 Å². The van der Waals surface area contributed by atoms with E-state index in [4.69, 9.17) is 4.74 Å². The van der Waals surface area contributed by atoms with Gasteiger partial charge in [-0.2, -0.15) is 0 Å². The molecule has 0 aromatic heterocycles. The highest BCUT2D eigenvalue weighted by molar-refractivity contribution is 4.70. The molecule has 1 rings (SSSR count). The van der Waals surface area contributed by atoms with E-state index in [2.05, 4.69) is 13.8 Å². The second-order valence-electron chi connectivity index (χ2n) is 4.84. The third-order valence-corrected chi connectivity index (χ3v) is 3.18. The van der Waals surface area contributed by atoms with Crippen LogP contribution in [0, 0.1) is 5.92 Å². The maximum absolute atomic E-state index is 5.22. The smallest absolute Gasteiger partial charge is 0.0810 e. The van der Waals surface area contributed by atoms with Crippen LogP contribution in [0.4, 0.5) is 0 Å². The summed E-state index contributed by atoms with van der Waals surface area (Å²) in [4.78, 5) is 0. The average Bonchev–Trinajstić information content (AvgIpc) is 2.98. The first-order chi connectivity index (χ1) is 6.83. The predicted octanol–water partition coefficient (Wildman–Crippen LogP) is 4.16. The minimum Gasteiger partial charge on any atom is -0.373 e. The van der Waals surface area contributed by atoms with Crippen molar-refractivity contribution in [3.63, 3.8) is 0 Å². The fourth-order valence-electron chi connectivity index (χ4n) is 1.95. The molecule has 1 aliphatic rings. The van der Waals surface area contributed by atoms with Crippen molar-refractivity contribution in [1.82, 2.24) is 0 Å². The van der Waals surface area contributed by atoms with Gasteiger partial charge in [-0.3, -0.25) is 0 Å². The Morgan fingerprint density at radius 3 is 2.50 bits per heavy atom. The van der Waals surface area contributed by atoms with Crippen molar-refractivity contribution in [3.05, 3.63) is 0 Å². The third-order valence-electron chi connectivity index (χ3n) is 3.18. The number of unbranched alkanes of at least 4 members (excludes halogenated alkanes) is 4. The van der Waals surface area contributed by atoms with Gasteiger partial charge in [0.05, 0.1) is 12.7 Å². The first kappa shape index (κ1) is 12.0. The molecule has 0 saturated carbocycles. The summed E-state index contributed by atoms with van der Waals surface area (Å²) in [6, 6.07) is 0. The van der Waals surface area contributed by atoms with E-state index in [-0.39, 0.29) is 0 Å². The normalized spacial score (nSPS) is 22.3. The number of ether oxygens (including phenoxy) is 1. The minimum atomic E-state index is 0.637. The van der Waals surface area contributed by atoms with E-state index in [0.29, 0.717) is 6.10 Å². The Labute approximate surface area is 89.2 Å². The van der Waals surface area contributed by atoms with Gasteiger partial charge >= 0.3 is 0 Å². The van der Waals surface area contributed by atoms with Crippen LogP contribution < -0.4 is 0 Å². The van der Waals surface area contributed by atoms with E-state index >= 15 is 0 Å². The van der Waals surface area contributed by atoms with E-state index in [0.717, 1.165) is 12.5 Å². The summed E-state index contributed by atoms with van der Waals surface area (Å²) in [6.45, 7) is 5.70. The standard InChI is InChI=1S/C13H26O/c1-3-4-5-6-7-8-12(2)9-10-13-11-14-13/h12-13H,3-11H2,1-2H3. The lowest BCUT2D eigenvalue weighted by atomic mass is 9.97. The van der Waals surface area contributed by atoms with Gasteiger partial charge in [-0.1, -0.05) is 52.4 Å². The van der Waals surface area contributed by atoms with Crippen molar-refractivity contribution in [2.45, 2.75) is 71.3 Å². The fraction of sp³-hybridized carbons (Fsp3) is 1.00. The van der Waals surface area contributed by atoms with Crippen LogP contribution in [0.1, 0.15) is 65.2 Å². The molecule has 84 valence electrons. The Morgan fingerprint density at radius 2 is 1.86 bits per heavy atom. The lowest BCUT2D eigenvalue weighted by Crippen LogP contribution is -1.97.